The van der Waals surface area contributed by atoms with Crippen LogP contribution in [0.3, 0.4) is 0 Å². The summed E-state index contributed by atoms with van der Waals surface area (Å²) in [6, 6.07) is 14.2. The standard InChI is InChI=1S/C50H69N11O11S2/c1-29(52)42(63)54-30(2)43(64)55-34(21-22-41(53)62)44(65)60-39(27-73)48(69)59-37(25-32-16-8-4-9-17-32)46(67)57-38(26-33-18-10-5-11-19-33)47(68)61-40(28-74)49(70)58-36(24-31-14-6-3-7-15-31)45(66)56-35(50(71)72)20-12-13-23-51/h3-11,14-19,29-30,34-40,73-74H,12-13,20-28,51-52H2,1-2H3,(H2,53,62)(H,54,63)(H,55,64)(H,56,66)(H,57,67)(H,58,70)(H,59,69)(H,60,65)(H,61,68)(H,71,72)/t29-,30-,34-,35-,36-,37-,38-,39-,40-/m0/s1. The molecule has 3 rings (SSSR count). The molecule has 9 amide bonds. The second-order valence-electron chi connectivity index (χ2n) is 17.5. The Hall–Kier alpha value is -7.02. The molecule has 0 heterocycles. The minimum atomic E-state index is -1.43. The van der Waals surface area contributed by atoms with E-state index in [0.29, 0.717) is 36.1 Å². The van der Waals surface area contributed by atoms with Gasteiger partial charge in [-0.2, -0.15) is 25.3 Å². The first-order chi connectivity index (χ1) is 35.3. The van der Waals surface area contributed by atoms with Gasteiger partial charge < -0.3 is 64.8 Å². The van der Waals surface area contributed by atoms with Crippen LogP contribution in [0.2, 0.25) is 0 Å². The highest BCUT2D eigenvalue weighted by Crippen LogP contribution is 2.11. The average molecular weight is 1060 g/mol. The molecule has 0 aliphatic carbocycles. The number of nitrogens with two attached hydrogens (primary N) is 3. The predicted molar refractivity (Wildman–Crippen MR) is 282 cm³/mol. The molecule has 0 unspecified atom stereocenters. The van der Waals surface area contributed by atoms with Crippen LogP contribution in [-0.2, 0) is 67.2 Å². The molecule has 22 nitrogen and oxygen atoms in total. The van der Waals surface area contributed by atoms with Gasteiger partial charge >= 0.3 is 5.97 Å². The van der Waals surface area contributed by atoms with Gasteiger partial charge in [-0.1, -0.05) is 91.0 Å². The van der Waals surface area contributed by atoms with Gasteiger partial charge in [-0.3, -0.25) is 43.2 Å². The number of hydrogen-bond donors (Lipinski definition) is 14. The fourth-order valence-corrected chi connectivity index (χ4v) is 7.73. The molecule has 15 N–H and O–H groups in total. The number of nitrogens with one attached hydrogen (secondary N) is 8. The molecule has 402 valence electrons. The van der Waals surface area contributed by atoms with Gasteiger partial charge in [-0.05, 0) is 62.8 Å². The maximum absolute atomic E-state index is 14.5. The van der Waals surface area contributed by atoms with Crippen LogP contribution in [0.1, 0.15) is 62.6 Å². The number of hydrogen-bond acceptors (Lipinski definition) is 14. The highest BCUT2D eigenvalue weighted by Gasteiger charge is 2.35. The number of carbonyl (C=O) groups excluding carboxylic acids is 9. The number of unbranched alkanes of at least 4 members (excludes halogenated alkanes) is 1. The van der Waals surface area contributed by atoms with E-state index >= 15 is 0 Å². The highest BCUT2D eigenvalue weighted by atomic mass is 32.1. The third-order valence-corrected chi connectivity index (χ3v) is 12.1. The third-order valence-electron chi connectivity index (χ3n) is 11.4. The van der Waals surface area contributed by atoms with Crippen molar-refractivity contribution < 1.29 is 53.1 Å². The predicted octanol–water partition coefficient (Wildman–Crippen LogP) is -1.70. The third kappa shape index (κ3) is 21.6. The van der Waals surface area contributed by atoms with Gasteiger partial charge in [0.2, 0.25) is 53.2 Å². The van der Waals surface area contributed by atoms with Crippen LogP contribution >= 0.6 is 25.3 Å². The van der Waals surface area contributed by atoms with E-state index in [1.54, 1.807) is 91.0 Å². The van der Waals surface area contributed by atoms with Crippen molar-refractivity contribution in [2.75, 3.05) is 18.1 Å². The van der Waals surface area contributed by atoms with Gasteiger partial charge in [-0.25, -0.2) is 4.79 Å². The van der Waals surface area contributed by atoms with Crippen molar-refractivity contribution >= 4 is 84.4 Å². The Balaban J connectivity index is 1.90. The summed E-state index contributed by atoms with van der Waals surface area (Å²) < 4.78 is 0. The Morgan fingerprint density at radius 2 is 0.797 bits per heavy atom. The summed E-state index contributed by atoms with van der Waals surface area (Å²) in [5, 5.41) is 30.3. The molecule has 0 aliphatic rings. The number of carboxylic acids is 1. The normalized spacial score (nSPS) is 14.6. The number of carboxylic acid groups (broad SMARTS) is 1. The molecule has 0 spiro atoms. The second kappa shape index (κ2) is 32.2. The van der Waals surface area contributed by atoms with Gasteiger partial charge in [0.15, 0.2) is 0 Å². The maximum Gasteiger partial charge on any atom is 0.326 e. The first-order valence-corrected chi connectivity index (χ1v) is 25.3. The first-order valence-electron chi connectivity index (χ1n) is 24.0. The molecule has 0 fully saturated rings. The van der Waals surface area contributed by atoms with Gasteiger partial charge in [0.1, 0.15) is 48.3 Å². The van der Waals surface area contributed by atoms with E-state index in [1.807, 2.05) is 0 Å². The molecule has 3 aromatic carbocycles. The van der Waals surface area contributed by atoms with E-state index in [2.05, 4.69) is 67.8 Å². The molecule has 0 aliphatic heterocycles. The smallest absolute Gasteiger partial charge is 0.326 e. The lowest BCUT2D eigenvalue weighted by Crippen LogP contribution is -2.61. The van der Waals surface area contributed by atoms with Crippen molar-refractivity contribution in [2.45, 2.75) is 120 Å². The van der Waals surface area contributed by atoms with Crippen molar-refractivity contribution in [1.29, 1.82) is 0 Å². The molecule has 0 saturated carbocycles. The van der Waals surface area contributed by atoms with Crippen molar-refractivity contribution in [1.82, 2.24) is 42.5 Å². The number of primary amides is 1. The molecule has 3 aromatic rings. The zero-order valence-electron chi connectivity index (χ0n) is 41.3. The maximum atomic E-state index is 14.5. The second-order valence-corrected chi connectivity index (χ2v) is 18.2. The number of carbonyl (C=O) groups is 10. The van der Waals surface area contributed by atoms with Crippen LogP contribution in [0, 0.1) is 0 Å². The van der Waals surface area contributed by atoms with Crippen molar-refractivity contribution in [3.8, 4) is 0 Å². The molecule has 0 radical (unpaired) electrons. The molecule has 0 aromatic heterocycles. The first kappa shape index (κ1) is 61.3. The molecule has 9 atom stereocenters. The van der Waals surface area contributed by atoms with Crippen molar-refractivity contribution in [2.24, 2.45) is 17.2 Å². The molecule has 0 saturated heterocycles. The zero-order chi connectivity index (χ0) is 54.7. The Labute approximate surface area is 440 Å². The lowest BCUT2D eigenvalue weighted by molar-refractivity contribution is -0.142. The summed E-state index contributed by atoms with van der Waals surface area (Å²) in [7, 11) is 0. The molecular weight excluding hydrogens is 995 g/mol. The van der Waals surface area contributed by atoms with Crippen LogP contribution in [0.4, 0.5) is 0 Å². The summed E-state index contributed by atoms with van der Waals surface area (Å²) in [5.41, 5.74) is 18.3. The number of benzene rings is 3. The van der Waals surface area contributed by atoms with Crippen LogP contribution in [0.25, 0.3) is 0 Å². The summed E-state index contributed by atoms with van der Waals surface area (Å²) in [4.78, 5) is 133. The Bertz CT molecular complexity index is 2350. The van der Waals surface area contributed by atoms with Crippen molar-refractivity contribution in [3.63, 3.8) is 0 Å². The lowest BCUT2D eigenvalue weighted by atomic mass is 10.0. The van der Waals surface area contributed by atoms with E-state index < -0.39 is 114 Å². The van der Waals surface area contributed by atoms with Gasteiger partial charge in [0.25, 0.3) is 0 Å². The largest absolute Gasteiger partial charge is 0.480 e. The summed E-state index contributed by atoms with van der Waals surface area (Å²) >= 11 is 8.60. The fourth-order valence-electron chi connectivity index (χ4n) is 7.21. The zero-order valence-corrected chi connectivity index (χ0v) is 43.1. The molecule has 0 bridgehead atoms. The summed E-state index contributed by atoms with van der Waals surface area (Å²) in [6.07, 6.45) is 0.165. The number of aliphatic carboxylic acids is 1. The monoisotopic (exact) mass is 1060 g/mol. The van der Waals surface area contributed by atoms with E-state index in [9.17, 15) is 53.1 Å². The van der Waals surface area contributed by atoms with E-state index in [4.69, 9.17) is 17.2 Å². The highest BCUT2D eigenvalue weighted by molar-refractivity contribution is 7.80. The summed E-state index contributed by atoms with van der Waals surface area (Å²) in [6.45, 7) is 3.09. The van der Waals surface area contributed by atoms with Gasteiger partial charge in [-0.15, -0.1) is 0 Å². The molecule has 24 heteroatoms. The van der Waals surface area contributed by atoms with Gasteiger partial charge in [0.05, 0.1) is 6.04 Å². The summed E-state index contributed by atoms with van der Waals surface area (Å²) in [5.74, 6) is -9.20. The quantitative estimate of drug-likeness (QED) is 0.0245. The van der Waals surface area contributed by atoms with Crippen LogP contribution in [0.5, 0.6) is 0 Å². The Kier molecular flexibility index (Phi) is 26.7. The average Bonchev–Trinajstić information content (AvgIpc) is 3.37. The fraction of sp³-hybridized carbons (Fsp3) is 0.440. The number of thiol groups is 2. The van der Waals surface area contributed by atoms with Crippen LogP contribution in [0.15, 0.2) is 91.0 Å². The SMILES string of the molecule is C[C@H](N)C(=O)N[C@@H](C)C(=O)N[C@@H](CCC(N)=O)C(=O)N[C@@H](CS)C(=O)N[C@@H](Cc1ccccc1)C(=O)N[C@@H](Cc1ccccc1)C(=O)N[C@@H](CS)C(=O)N[C@@H](Cc1ccccc1)C(=O)N[C@@H](CCCCN)C(=O)O. The van der Waals surface area contributed by atoms with Crippen LogP contribution in [-0.4, -0.2) is 137 Å². The van der Waals surface area contributed by atoms with E-state index in [-0.39, 0.29) is 50.0 Å². The molecular formula is C50H69N11O11S2. The minimum Gasteiger partial charge on any atom is -0.480 e. The van der Waals surface area contributed by atoms with E-state index in [1.165, 1.54) is 13.8 Å². The Morgan fingerprint density at radius 1 is 0.459 bits per heavy atom. The number of rotatable bonds is 32. The number of amides is 9. The topological polar surface area (TPSA) is 365 Å². The Morgan fingerprint density at radius 3 is 1.14 bits per heavy atom. The lowest BCUT2D eigenvalue weighted by Gasteiger charge is -2.27. The van der Waals surface area contributed by atoms with E-state index in [0.717, 1.165) is 0 Å². The minimum absolute atomic E-state index is 0.0402. The van der Waals surface area contributed by atoms with Crippen LogP contribution < -0.4 is 59.7 Å². The van der Waals surface area contributed by atoms with Gasteiger partial charge in [0, 0.05) is 37.2 Å². The molecule has 74 heavy (non-hydrogen) atoms. The van der Waals surface area contributed by atoms with Crippen molar-refractivity contribution in [3.05, 3.63) is 108 Å².